The molecule has 1 heterocycles. The van der Waals surface area contributed by atoms with Crippen molar-refractivity contribution in [1.29, 1.82) is 5.26 Å². The molecule has 15 heavy (non-hydrogen) atoms. The fraction of sp³-hybridized carbons (Fsp3) is 0.167. The van der Waals surface area contributed by atoms with Gasteiger partial charge in [-0.25, -0.2) is 4.98 Å². The standard InChI is InChI=1S/C12H10N2S/c1-9-3-2-4-10(7-9)12-14-8-11(15-12)5-6-13/h2-4,7-8H,5H2,1H3. The van der Waals surface area contributed by atoms with Crippen molar-refractivity contribution in [2.24, 2.45) is 0 Å². The van der Waals surface area contributed by atoms with Crippen molar-refractivity contribution in [3.8, 4) is 16.6 Å². The van der Waals surface area contributed by atoms with Gasteiger partial charge >= 0.3 is 0 Å². The Balaban J connectivity index is 2.34. The van der Waals surface area contributed by atoms with Crippen LogP contribution in [0.2, 0.25) is 0 Å². The highest BCUT2D eigenvalue weighted by Crippen LogP contribution is 2.25. The lowest BCUT2D eigenvalue weighted by atomic mass is 10.1. The van der Waals surface area contributed by atoms with Crippen LogP contribution < -0.4 is 0 Å². The minimum atomic E-state index is 0.448. The lowest BCUT2D eigenvalue weighted by Crippen LogP contribution is -1.76. The minimum Gasteiger partial charge on any atom is -0.244 e. The van der Waals surface area contributed by atoms with E-state index in [2.05, 4.69) is 30.1 Å². The van der Waals surface area contributed by atoms with Gasteiger partial charge in [-0.3, -0.25) is 0 Å². The van der Waals surface area contributed by atoms with Crippen molar-refractivity contribution in [1.82, 2.24) is 4.98 Å². The second-order valence-corrected chi connectivity index (χ2v) is 4.45. The van der Waals surface area contributed by atoms with Gasteiger partial charge in [-0.1, -0.05) is 23.8 Å². The van der Waals surface area contributed by atoms with Gasteiger partial charge in [0.25, 0.3) is 0 Å². The van der Waals surface area contributed by atoms with Crippen molar-refractivity contribution in [3.05, 3.63) is 40.9 Å². The van der Waals surface area contributed by atoms with Crippen LogP contribution in [0, 0.1) is 18.3 Å². The maximum absolute atomic E-state index is 8.57. The molecule has 0 atom stereocenters. The smallest absolute Gasteiger partial charge is 0.123 e. The zero-order valence-electron chi connectivity index (χ0n) is 8.40. The summed E-state index contributed by atoms with van der Waals surface area (Å²) in [5, 5.41) is 9.56. The predicted molar refractivity (Wildman–Crippen MR) is 61.6 cm³/mol. The maximum Gasteiger partial charge on any atom is 0.123 e. The molecule has 0 aliphatic rings. The van der Waals surface area contributed by atoms with Crippen LogP contribution >= 0.6 is 11.3 Å². The fourth-order valence-corrected chi connectivity index (χ4v) is 2.22. The number of benzene rings is 1. The van der Waals surface area contributed by atoms with E-state index in [0.717, 1.165) is 15.4 Å². The molecule has 2 rings (SSSR count). The average Bonchev–Trinajstić information content (AvgIpc) is 2.67. The first-order chi connectivity index (χ1) is 7.29. The molecule has 0 amide bonds. The van der Waals surface area contributed by atoms with Gasteiger partial charge < -0.3 is 0 Å². The highest BCUT2D eigenvalue weighted by atomic mass is 32.1. The number of rotatable bonds is 2. The van der Waals surface area contributed by atoms with Gasteiger partial charge in [-0.2, -0.15) is 5.26 Å². The van der Waals surface area contributed by atoms with E-state index < -0.39 is 0 Å². The third-order valence-corrected chi connectivity index (χ3v) is 3.12. The van der Waals surface area contributed by atoms with Crippen molar-refractivity contribution in [2.75, 3.05) is 0 Å². The molecule has 0 spiro atoms. The summed E-state index contributed by atoms with van der Waals surface area (Å²) in [6.07, 6.45) is 2.23. The van der Waals surface area contributed by atoms with E-state index in [9.17, 15) is 0 Å². The Kier molecular flexibility index (Phi) is 2.79. The Labute approximate surface area is 92.8 Å². The molecule has 0 aliphatic heterocycles. The third-order valence-electron chi connectivity index (χ3n) is 2.07. The predicted octanol–water partition coefficient (Wildman–Crippen LogP) is 3.18. The number of hydrogen-bond donors (Lipinski definition) is 0. The number of thiazole rings is 1. The van der Waals surface area contributed by atoms with Gasteiger partial charge in [0.15, 0.2) is 0 Å². The molecule has 3 heteroatoms. The monoisotopic (exact) mass is 214 g/mol. The molecule has 0 radical (unpaired) electrons. The van der Waals surface area contributed by atoms with Gasteiger partial charge in [-0.05, 0) is 13.0 Å². The van der Waals surface area contributed by atoms with E-state index in [1.54, 1.807) is 17.5 Å². The summed E-state index contributed by atoms with van der Waals surface area (Å²) >= 11 is 1.59. The molecule has 0 saturated carbocycles. The summed E-state index contributed by atoms with van der Waals surface area (Å²) < 4.78 is 0. The normalized spacial score (nSPS) is 9.87. The third kappa shape index (κ3) is 2.23. The molecule has 0 N–H and O–H groups in total. The number of nitrogens with zero attached hydrogens (tertiary/aromatic N) is 2. The Morgan fingerprint density at radius 3 is 3.07 bits per heavy atom. The molecule has 0 unspecified atom stereocenters. The van der Waals surface area contributed by atoms with Crippen LogP contribution in [-0.2, 0) is 6.42 Å². The second kappa shape index (κ2) is 4.24. The van der Waals surface area contributed by atoms with Crippen LogP contribution in [0.4, 0.5) is 0 Å². The molecule has 74 valence electrons. The van der Waals surface area contributed by atoms with Crippen LogP contribution in [0.1, 0.15) is 10.4 Å². The molecule has 0 fully saturated rings. The van der Waals surface area contributed by atoms with Crippen LogP contribution in [0.25, 0.3) is 10.6 Å². The SMILES string of the molecule is Cc1cccc(-c2ncc(CC#N)s2)c1. The first kappa shape index (κ1) is 9.88. The number of aromatic nitrogens is 1. The lowest BCUT2D eigenvalue weighted by Gasteiger charge is -1.96. The van der Waals surface area contributed by atoms with E-state index >= 15 is 0 Å². The Morgan fingerprint density at radius 1 is 1.47 bits per heavy atom. The van der Waals surface area contributed by atoms with E-state index in [0.29, 0.717) is 6.42 Å². The Morgan fingerprint density at radius 2 is 2.33 bits per heavy atom. The van der Waals surface area contributed by atoms with Crippen molar-refractivity contribution < 1.29 is 0 Å². The molecule has 0 aliphatic carbocycles. The summed E-state index contributed by atoms with van der Waals surface area (Å²) in [4.78, 5) is 5.34. The van der Waals surface area contributed by atoms with Crippen molar-refractivity contribution in [3.63, 3.8) is 0 Å². The van der Waals surface area contributed by atoms with E-state index in [1.807, 2.05) is 12.1 Å². The number of hydrogen-bond acceptors (Lipinski definition) is 3. The maximum atomic E-state index is 8.57. The average molecular weight is 214 g/mol. The van der Waals surface area contributed by atoms with Crippen molar-refractivity contribution >= 4 is 11.3 Å². The molecule has 2 nitrogen and oxygen atoms in total. The van der Waals surface area contributed by atoms with Gasteiger partial charge in [-0.15, -0.1) is 11.3 Å². The van der Waals surface area contributed by atoms with Gasteiger partial charge in [0.1, 0.15) is 5.01 Å². The van der Waals surface area contributed by atoms with Gasteiger partial charge in [0, 0.05) is 16.6 Å². The van der Waals surface area contributed by atoms with E-state index in [1.165, 1.54) is 5.56 Å². The first-order valence-electron chi connectivity index (χ1n) is 4.68. The fourth-order valence-electron chi connectivity index (χ4n) is 1.38. The topological polar surface area (TPSA) is 36.7 Å². The molecule has 0 saturated heterocycles. The molecule has 0 bridgehead atoms. The summed E-state index contributed by atoms with van der Waals surface area (Å²) in [6, 6.07) is 10.4. The minimum absolute atomic E-state index is 0.448. The summed E-state index contributed by atoms with van der Waals surface area (Å²) in [6.45, 7) is 2.06. The van der Waals surface area contributed by atoms with E-state index in [-0.39, 0.29) is 0 Å². The van der Waals surface area contributed by atoms with Crippen LogP contribution in [0.15, 0.2) is 30.5 Å². The van der Waals surface area contributed by atoms with Crippen molar-refractivity contribution in [2.45, 2.75) is 13.3 Å². The first-order valence-corrected chi connectivity index (χ1v) is 5.50. The molecule has 1 aromatic carbocycles. The highest BCUT2D eigenvalue weighted by Gasteiger charge is 2.03. The van der Waals surface area contributed by atoms with Gasteiger partial charge in [0.05, 0.1) is 12.5 Å². The summed E-state index contributed by atoms with van der Waals surface area (Å²) in [5.74, 6) is 0. The number of aryl methyl sites for hydroxylation is 1. The lowest BCUT2D eigenvalue weighted by molar-refractivity contribution is 1.28. The summed E-state index contributed by atoms with van der Waals surface area (Å²) in [5.41, 5.74) is 2.36. The molecular formula is C12H10N2S. The summed E-state index contributed by atoms with van der Waals surface area (Å²) in [7, 11) is 0. The Bertz CT molecular complexity index is 508. The Hall–Kier alpha value is -1.66. The molecule has 2 aromatic rings. The quantitative estimate of drug-likeness (QED) is 0.769. The van der Waals surface area contributed by atoms with Crippen LogP contribution in [0.3, 0.4) is 0 Å². The van der Waals surface area contributed by atoms with Crippen LogP contribution in [0.5, 0.6) is 0 Å². The number of nitriles is 1. The highest BCUT2D eigenvalue weighted by molar-refractivity contribution is 7.15. The second-order valence-electron chi connectivity index (χ2n) is 3.34. The zero-order chi connectivity index (χ0) is 10.7. The van der Waals surface area contributed by atoms with E-state index in [4.69, 9.17) is 5.26 Å². The largest absolute Gasteiger partial charge is 0.244 e. The van der Waals surface area contributed by atoms with Crippen LogP contribution in [-0.4, -0.2) is 4.98 Å². The molecule has 1 aromatic heterocycles. The zero-order valence-corrected chi connectivity index (χ0v) is 9.21. The van der Waals surface area contributed by atoms with Gasteiger partial charge in [0.2, 0.25) is 0 Å². The molecular weight excluding hydrogens is 204 g/mol.